The van der Waals surface area contributed by atoms with Crippen LogP contribution in [0.15, 0.2) is 23.4 Å². The summed E-state index contributed by atoms with van der Waals surface area (Å²) in [5.74, 6) is -0.679. The molecule has 5 N–H and O–H groups in total. The number of benzene rings is 1. The van der Waals surface area contributed by atoms with Gasteiger partial charge in [0.15, 0.2) is 5.84 Å². The van der Waals surface area contributed by atoms with Gasteiger partial charge in [-0.25, -0.2) is 4.39 Å². The average Bonchev–Trinajstić information content (AvgIpc) is 2.43. The van der Waals surface area contributed by atoms with Gasteiger partial charge < -0.3 is 21.6 Å². The molecule has 0 aliphatic heterocycles. The van der Waals surface area contributed by atoms with Crippen molar-refractivity contribution >= 4 is 11.7 Å². The largest absolute Gasteiger partial charge is 0.409 e. The molecule has 1 aromatic carbocycles. The fourth-order valence-electron chi connectivity index (χ4n) is 1.55. The zero-order chi connectivity index (χ0) is 14.3. The smallest absolute Gasteiger partial charge is 0.221 e. The predicted molar refractivity (Wildman–Crippen MR) is 69.3 cm³/mol. The van der Waals surface area contributed by atoms with Crippen molar-refractivity contribution in [3.8, 4) is 0 Å². The van der Waals surface area contributed by atoms with Crippen LogP contribution in [-0.4, -0.2) is 30.5 Å². The number of carbonyl (C=O) groups is 1. The molecule has 0 spiro atoms. The third-order valence-corrected chi connectivity index (χ3v) is 2.58. The van der Waals surface area contributed by atoms with Gasteiger partial charge in [0.05, 0.1) is 0 Å². The Kier molecular flexibility index (Phi) is 5.74. The Bertz CT molecular complexity index is 477. The highest BCUT2D eigenvalue weighted by Gasteiger charge is 2.08. The van der Waals surface area contributed by atoms with Gasteiger partial charge in [-0.3, -0.25) is 4.79 Å². The lowest BCUT2D eigenvalue weighted by Crippen LogP contribution is -2.25. The predicted octanol–water partition coefficient (Wildman–Crippen LogP) is 0.146. The van der Waals surface area contributed by atoms with Gasteiger partial charge in [0, 0.05) is 32.1 Å². The van der Waals surface area contributed by atoms with Crippen LogP contribution < -0.4 is 16.4 Å². The molecule has 0 heterocycles. The molecular formula is C12H17FN4O2. The van der Waals surface area contributed by atoms with Crippen molar-refractivity contribution in [1.82, 2.24) is 10.6 Å². The first-order valence-electron chi connectivity index (χ1n) is 5.76. The lowest BCUT2D eigenvalue weighted by molar-refractivity contribution is -0.120. The summed E-state index contributed by atoms with van der Waals surface area (Å²) in [5, 5.41) is 17.1. The van der Waals surface area contributed by atoms with Crippen LogP contribution in [0.25, 0.3) is 0 Å². The van der Waals surface area contributed by atoms with Gasteiger partial charge in [-0.05, 0) is 17.7 Å². The summed E-state index contributed by atoms with van der Waals surface area (Å²) in [6.07, 6.45) is 0.344. The quantitative estimate of drug-likeness (QED) is 0.194. The fraction of sp³-hybridized carbons (Fsp3) is 0.333. The van der Waals surface area contributed by atoms with Crippen LogP contribution in [0.3, 0.4) is 0 Å². The number of oxime groups is 1. The van der Waals surface area contributed by atoms with Crippen molar-refractivity contribution in [3.63, 3.8) is 0 Å². The van der Waals surface area contributed by atoms with Crippen LogP contribution in [0, 0.1) is 5.82 Å². The minimum atomic E-state index is -0.462. The summed E-state index contributed by atoms with van der Waals surface area (Å²) in [6, 6.07) is 4.05. The number of amides is 1. The normalized spacial score (nSPS) is 11.4. The van der Waals surface area contributed by atoms with E-state index >= 15 is 0 Å². The summed E-state index contributed by atoms with van der Waals surface area (Å²) < 4.78 is 13.1. The summed E-state index contributed by atoms with van der Waals surface area (Å²) in [5.41, 5.74) is 6.50. The molecule has 0 atom stereocenters. The van der Waals surface area contributed by atoms with Crippen molar-refractivity contribution in [2.45, 2.75) is 13.0 Å². The van der Waals surface area contributed by atoms with E-state index in [2.05, 4.69) is 15.8 Å². The van der Waals surface area contributed by atoms with E-state index in [0.717, 1.165) is 0 Å². The van der Waals surface area contributed by atoms with Gasteiger partial charge in [-0.2, -0.15) is 0 Å². The third-order valence-electron chi connectivity index (χ3n) is 2.58. The van der Waals surface area contributed by atoms with Crippen LogP contribution >= 0.6 is 0 Å². The summed E-state index contributed by atoms with van der Waals surface area (Å²) >= 11 is 0. The molecule has 7 heteroatoms. The monoisotopic (exact) mass is 268 g/mol. The van der Waals surface area contributed by atoms with E-state index in [1.807, 2.05) is 0 Å². The standard InChI is InChI=1S/C12H17FN4O2/c1-15-11(18)4-5-16-7-8-2-3-9(13)6-10(8)12(14)17-19/h2-3,6,16,19H,4-5,7H2,1H3,(H2,14,17)(H,15,18). The van der Waals surface area contributed by atoms with Crippen molar-refractivity contribution in [1.29, 1.82) is 0 Å². The van der Waals surface area contributed by atoms with Crippen molar-refractivity contribution in [3.05, 3.63) is 35.1 Å². The van der Waals surface area contributed by atoms with Gasteiger partial charge in [0.1, 0.15) is 5.82 Å². The lowest BCUT2D eigenvalue weighted by atomic mass is 10.1. The minimum absolute atomic E-state index is 0.0664. The van der Waals surface area contributed by atoms with E-state index in [0.29, 0.717) is 30.6 Å². The highest BCUT2D eigenvalue weighted by atomic mass is 19.1. The van der Waals surface area contributed by atoms with E-state index in [1.165, 1.54) is 12.1 Å². The SMILES string of the molecule is CNC(=O)CCNCc1ccc(F)cc1C(N)=NO. The molecule has 104 valence electrons. The van der Waals surface area contributed by atoms with Crippen LogP contribution in [-0.2, 0) is 11.3 Å². The highest BCUT2D eigenvalue weighted by molar-refractivity contribution is 5.98. The Balaban J connectivity index is 2.65. The topological polar surface area (TPSA) is 99.7 Å². The first-order valence-corrected chi connectivity index (χ1v) is 5.76. The van der Waals surface area contributed by atoms with Crippen LogP contribution in [0.2, 0.25) is 0 Å². The van der Waals surface area contributed by atoms with Crippen LogP contribution in [0.5, 0.6) is 0 Å². The van der Waals surface area contributed by atoms with Crippen LogP contribution in [0.4, 0.5) is 4.39 Å². The molecule has 0 aliphatic carbocycles. The molecule has 0 saturated heterocycles. The summed E-state index contributed by atoms with van der Waals surface area (Å²) in [6.45, 7) is 0.871. The maximum absolute atomic E-state index is 13.1. The number of hydrogen-bond donors (Lipinski definition) is 4. The van der Waals surface area contributed by atoms with Crippen molar-refractivity contribution < 1.29 is 14.4 Å². The zero-order valence-electron chi connectivity index (χ0n) is 10.6. The van der Waals surface area contributed by atoms with Gasteiger partial charge in [-0.15, -0.1) is 0 Å². The number of nitrogens with zero attached hydrogens (tertiary/aromatic N) is 1. The molecule has 0 aromatic heterocycles. The molecule has 1 aromatic rings. The van der Waals surface area contributed by atoms with Gasteiger partial charge in [0.2, 0.25) is 5.91 Å². The molecular weight excluding hydrogens is 251 g/mol. The van der Waals surface area contributed by atoms with E-state index in [4.69, 9.17) is 10.9 Å². The van der Waals surface area contributed by atoms with Gasteiger partial charge >= 0.3 is 0 Å². The second-order valence-electron chi connectivity index (χ2n) is 3.89. The molecule has 0 saturated carbocycles. The summed E-state index contributed by atoms with van der Waals surface area (Å²) in [7, 11) is 1.57. The Morgan fingerprint density at radius 2 is 2.26 bits per heavy atom. The number of carbonyl (C=O) groups excluding carboxylic acids is 1. The molecule has 6 nitrogen and oxygen atoms in total. The molecule has 0 fully saturated rings. The Morgan fingerprint density at radius 1 is 1.53 bits per heavy atom. The van der Waals surface area contributed by atoms with Crippen LogP contribution in [0.1, 0.15) is 17.5 Å². The number of nitrogens with two attached hydrogens (primary N) is 1. The first-order chi connectivity index (χ1) is 9.08. The molecule has 1 rings (SSSR count). The van der Waals surface area contributed by atoms with E-state index in [9.17, 15) is 9.18 Å². The Morgan fingerprint density at radius 3 is 2.89 bits per heavy atom. The summed E-state index contributed by atoms with van der Waals surface area (Å²) in [4.78, 5) is 11.0. The lowest BCUT2D eigenvalue weighted by Gasteiger charge is -2.09. The van der Waals surface area contributed by atoms with E-state index < -0.39 is 5.82 Å². The molecule has 0 bridgehead atoms. The maximum atomic E-state index is 13.1. The van der Waals surface area contributed by atoms with Gasteiger partial charge in [-0.1, -0.05) is 11.2 Å². The number of hydrogen-bond acceptors (Lipinski definition) is 4. The van der Waals surface area contributed by atoms with E-state index in [-0.39, 0.29) is 11.7 Å². The fourth-order valence-corrected chi connectivity index (χ4v) is 1.55. The molecule has 0 aliphatic rings. The second kappa shape index (κ2) is 7.32. The number of halogens is 1. The first kappa shape index (κ1) is 14.9. The second-order valence-corrected chi connectivity index (χ2v) is 3.89. The molecule has 19 heavy (non-hydrogen) atoms. The van der Waals surface area contributed by atoms with Crippen molar-refractivity contribution in [2.75, 3.05) is 13.6 Å². The Hall–Kier alpha value is -2.15. The third kappa shape index (κ3) is 4.55. The zero-order valence-corrected chi connectivity index (χ0v) is 10.6. The average molecular weight is 268 g/mol. The Labute approximate surface area is 110 Å². The van der Waals surface area contributed by atoms with Crippen molar-refractivity contribution in [2.24, 2.45) is 10.9 Å². The number of nitrogens with one attached hydrogen (secondary N) is 2. The molecule has 1 amide bonds. The maximum Gasteiger partial charge on any atom is 0.221 e. The number of rotatable bonds is 6. The van der Waals surface area contributed by atoms with E-state index in [1.54, 1.807) is 13.1 Å². The van der Waals surface area contributed by atoms with Gasteiger partial charge in [0.25, 0.3) is 0 Å². The molecule has 0 radical (unpaired) electrons. The minimum Gasteiger partial charge on any atom is -0.409 e. The number of amidine groups is 1. The highest BCUT2D eigenvalue weighted by Crippen LogP contribution is 2.11. The molecule has 0 unspecified atom stereocenters.